The van der Waals surface area contributed by atoms with Crippen molar-refractivity contribution in [2.75, 3.05) is 16.8 Å². The number of carbonyl (C=O) groups excluding carboxylic acids is 1. The number of anilines is 2. The van der Waals surface area contributed by atoms with Crippen molar-refractivity contribution in [2.24, 2.45) is 0 Å². The Kier molecular flexibility index (Phi) is 6.52. The van der Waals surface area contributed by atoms with E-state index in [2.05, 4.69) is 30.9 Å². The Morgan fingerprint density at radius 1 is 1.16 bits per heavy atom. The molecule has 0 bridgehead atoms. The van der Waals surface area contributed by atoms with Gasteiger partial charge in [-0.2, -0.15) is 5.21 Å². The van der Waals surface area contributed by atoms with Gasteiger partial charge in [-0.25, -0.2) is 4.79 Å². The molecule has 164 valence electrons. The number of aromatic nitrogens is 5. The number of urea groups is 1. The maximum Gasteiger partial charge on any atom is 0.326 e. The summed E-state index contributed by atoms with van der Waals surface area (Å²) in [6.45, 7) is 0.376. The van der Waals surface area contributed by atoms with E-state index in [1.54, 1.807) is 29.2 Å². The quantitative estimate of drug-likeness (QED) is 0.221. The maximum absolute atomic E-state index is 13.1. The van der Waals surface area contributed by atoms with Gasteiger partial charge in [0.2, 0.25) is 5.82 Å². The van der Waals surface area contributed by atoms with Gasteiger partial charge in [-0.1, -0.05) is 0 Å². The second-order valence-electron chi connectivity index (χ2n) is 6.94. The number of amides is 2. The summed E-state index contributed by atoms with van der Waals surface area (Å²) in [5.41, 5.74) is 2.99. The predicted molar refractivity (Wildman–Crippen MR) is 124 cm³/mol. The number of fused-ring (bicyclic) bond motifs is 1. The highest BCUT2D eigenvalue weighted by molar-refractivity contribution is 7.73. The largest absolute Gasteiger partial charge is 0.481 e. The zero-order chi connectivity index (χ0) is 22.5. The SMILES string of the molecule is O=C(O)CCCCN(C(=O)Nc1ccc(-c2nn[nH]n2)cc1)c1ccc2[nH]c(=S)sc2c1. The summed E-state index contributed by atoms with van der Waals surface area (Å²) in [5, 5.41) is 25.6. The molecule has 2 aromatic heterocycles. The number of nitrogens with zero attached hydrogens (tertiary/aromatic N) is 4. The Morgan fingerprint density at radius 2 is 1.97 bits per heavy atom. The van der Waals surface area contributed by atoms with E-state index in [1.807, 2.05) is 18.2 Å². The van der Waals surface area contributed by atoms with Gasteiger partial charge in [0.15, 0.2) is 3.95 Å². The van der Waals surface area contributed by atoms with Crippen LogP contribution in [0.5, 0.6) is 0 Å². The third-order valence-corrected chi connectivity index (χ3v) is 5.92. The summed E-state index contributed by atoms with van der Waals surface area (Å²) in [5.74, 6) is -0.388. The topological polar surface area (TPSA) is 140 Å². The molecular formula is C20H19N7O3S2. The molecule has 4 aromatic rings. The molecule has 0 aliphatic heterocycles. The van der Waals surface area contributed by atoms with Crippen molar-refractivity contribution < 1.29 is 14.7 Å². The predicted octanol–water partition coefficient (Wildman–Crippen LogP) is 4.43. The number of carboxylic acids is 1. The number of hydrogen-bond acceptors (Lipinski definition) is 7. The van der Waals surface area contributed by atoms with Crippen molar-refractivity contribution in [2.45, 2.75) is 19.3 Å². The van der Waals surface area contributed by atoms with Crippen molar-refractivity contribution in [3.8, 4) is 11.4 Å². The summed E-state index contributed by atoms with van der Waals surface area (Å²) in [6.07, 6.45) is 1.09. The fourth-order valence-electron chi connectivity index (χ4n) is 3.17. The Bertz CT molecular complexity index is 1280. The number of nitrogens with one attached hydrogen (secondary N) is 3. The minimum atomic E-state index is -0.851. The molecule has 2 amide bonds. The van der Waals surface area contributed by atoms with Gasteiger partial charge in [-0.05, 0) is 72.7 Å². The number of carbonyl (C=O) groups is 2. The number of benzene rings is 2. The highest BCUT2D eigenvalue weighted by atomic mass is 32.1. The van der Waals surface area contributed by atoms with E-state index < -0.39 is 5.97 Å². The van der Waals surface area contributed by atoms with E-state index in [-0.39, 0.29) is 12.5 Å². The van der Waals surface area contributed by atoms with Crippen LogP contribution in [0, 0.1) is 3.95 Å². The summed E-state index contributed by atoms with van der Waals surface area (Å²) in [4.78, 5) is 28.7. The minimum Gasteiger partial charge on any atom is -0.481 e. The lowest BCUT2D eigenvalue weighted by molar-refractivity contribution is -0.137. The van der Waals surface area contributed by atoms with Gasteiger partial charge in [0.25, 0.3) is 0 Å². The number of rotatable bonds is 8. The van der Waals surface area contributed by atoms with Crippen LogP contribution in [0.1, 0.15) is 19.3 Å². The van der Waals surface area contributed by atoms with Crippen molar-refractivity contribution in [3.05, 3.63) is 46.4 Å². The maximum atomic E-state index is 13.1. The number of H-pyrrole nitrogens is 2. The lowest BCUT2D eigenvalue weighted by Crippen LogP contribution is -2.35. The molecule has 2 heterocycles. The number of tetrazole rings is 1. The first-order valence-electron chi connectivity index (χ1n) is 9.77. The van der Waals surface area contributed by atoms with E-state index in [0.29, 0.717) is 40.5 Å². The molecule has 0 atom stereocenters. The summed E-state index contributed by atoms with van der Waals surface area (Å²) in [6, 6.07) is 12.4. The van der Waals surface area contributed by atoms with Gasteiger partial charge in [-0.3, -0.25) is 9.69 Å². The zero-order valence-electron chi connectivity index (χ0n) is 16.7. The molecule has 10 nitrogen and oxygen atoms in total. The average Bonchev–Trinajstić information content (AvgIpc) is 3.42. The van der Waals surface area contributed by atoms with E-state index in [1.165, 1.54) is 11.3 Å². The number of aromatic amines is 2. The Labute approximate surface area is 191 Å². The van der Waals surface area contributed by atoms with Gasteiger partial charge in [0.1, 0.15) is 0 Å². The molecule has 0 unspecified atom stereocenters. The molecular weight excluding hydrogens is 450 g/mol. The molecule has 4 N–H and O–H groups in total. The molecule has 32 heavy (non-hydrogen) atoms. The second-order valence-corrected chi connectivity index (χ2v) is 8.66. The van der Waals surface area contributed by atoms with Crippen LogP contribution in [0.25, 0.3) is 21.6 Å². The van der Waals surface area contributed by atoms with Crippen LogP contribution in [-0.2, 0) is 4.79 Å². The Balaban J connectivity index is 1.52. The lowest BCUT2D eigenvalue weighted by atomic mass is 10.2. The summed E-state index contributed by atoms with van der Waals surface area (Å²) < 4.78 is 1.61. The van der Waals surface area contributed by atoms with Crippen molar-refractivity contribution in [3.63, 3.8) is 0 Å². The summed E-state index contributed by atoms with van der Waals surface area (Å²) in [7, 11) is 0. The van der Waals surface area contributed by atoms with Crippen LogP contribution >= 0.6 is 23.6 Å². The molecule has 0 saturated heterocycles. The number of thiazole rings is 1. The molecule has 0 aliphatic rings. The van der Waals surface area contributed by atoms with Gasteiger partial charge >= 0.3 is 12.0 Å². The van der Waals surface area contributed by atoms with E-state index in [0.717, 1.165) is 15.8 Å². The zero-order valence-corrected chi connectivity index (χ0v) is 18.4. The molecule has 0 spiro atoms. The number of hydrogen-bond donors (Lipinski definition) is 4. The Hall–Kier alpha value is -3.64. The molecule has 0 saturated carbocycles. The first kappa shape index (κ1) is 21.6. The lowest BCUT2D eigenvalue weighted by Gasteiger charge is -2.23. The van der Waals surface area contributed by atoms with Crippen LogP contribution in [-0.4, -0.2) is 49.3 Å². The molecule has 0 fully saturated rings. The van der Waals surface area contributed by atoms with Crippen LogP contribution in [0.2, 0.25) is 0 Å². The van der Waals surface area contributed by atoms with Gasteiger partial charge in [0.05, 0.1) is 10.2 Å². The molecule has 0 aliphatic carbocycles. The normalized spacial score (nSPS) is 10.9. The van der Waals surface area contributed by atoms with Gasteiger partial charge in [-0.15, -0.1) is 21.5 Å². The van der Waals surface area contributed by atoms with Crippen LogP contribution in [0.3, 0.4) is 0 Å². The number of carboxylic acid groups (broad SMARTS) is 1. The van der Waals surface area contributed by atoms with Gasteiger partial charge in [0, 0.05) is 29.9 Å². The highest BCUT2D eigenvalue weighted by Gasteiger charge is 2.17. The van der Waals surface area contributed by atoms with Gasteiger partial charge < -0.3 is 15.4 Å². The average molecular weight is 470 g/mol. The first-order chi connectivity index (χ1) is 15.5. The molecule has 12 heteroatoms. The van der Waals surface area contributed by atoms with E-state index >= 15 is 0 Å². The number of unbranched alkanes of at least 4 members (excludes halogenated alkanes) is 1. The van der Waals surface area contributed by atoms with Crippen molar-refractivity contribution >= 4 is 57.1 Å². The molecule has 4 rings (SSSR count). The van der Waals surface area contributed by atoms with Crippen LogP contribution < -0.4 is 10.2 Å². The first-order valence-corrected chi connectivity index (χ1v) is 11.0. The smallest absolute Gasteiger partial charge is 0.326 e. The number of aliphatic carboxylic acids is 1. The van der Waals surface area contributed by atoms with E-state index in [4.69, 9.17) is 17.3 Å². The van der Waals surface area contributed by atoms with Crippen LogP contribution in [0.15, 0.2) is 42.5 Å². The Morgan fingerprint density at radius 3 is 2.69 bits per heavy atom. The standard InChI is InChI=1S/C20H19N7O3S2/c28-17(29)3-1-2-10-27(14-8-9-15-16(11-14)32-20(31)22-15)19(30)21-13-6-4-12(5-7-13)18-23-25-26-24-18/h4-9,11H,1-3,10H2,(H,21,30)(H,22,31)(H,28,29)(H,23,24,25,26). The monoisotopic (exact) mass is 469 g/mol. The minimum absolute atomic E-state index is 0.0607. The second kappa shape index (κ2) is 9.66. The van der Waals surface area contributed by atoms with Crippen LogP contribution in [0.4, 0.5) is 16.2 Å². The fourth-order valence-corrected chi connectivity index (χ4v) is 4.32. The third kappa shape index (κ3) is 5.15. The molecule has 0 radical (unpaired) electrons. The fraction of sp³-hybridized carbons (Fsp3) is 0.200. The highest BCUT2D eigenvalue weighted by Crippen LogP contribution is 2.27. The van der Waals surface area contributed by atoms with E-state index in [9.17, 15) is 9.59 Å². The van der Waals surface area contributed by atoms with Crippen molar-refractivity contribution in [1.29, 1.82) is 0 Å². The summed E-state index contributed by atoms with van der Waals surface area (Å²) >= 11 is 6.65. The molecule has 2 aromatic carbocycles. The third-order valence-electron chi connectivity index (χ3n) is 4.72. The van der Waals surface area contributed by atoms with Crippen molar-refractivity contribution in [1.82, 2.24) is 25.6 Å².